The summed E-state index contributed by atoms with van der Waals surface area (Å²) in [5.41, 5.74) is 2.04. The van der Waals surface area contributed by atoms with Crippen LogP contribution in [0.3, 0.4) is 0 Å². The standard InChI is InChI=1S/C22H16ClF3N4O/c1-30-12-18(22(24,25)26)28-19(30)16-9-7-14(8-10-16)13-31-20-17(11-27-21(23)29-20)15-5-3-2-4-6-15/h2-12H,13H2,1H3. The number of ether oxygens (including phenoxy) is 1. The first kappa shape index (κ1) is 20.9. The summed E-state index contributed by atoms with van der Waals surface area (Å²) < 4.78 is 45.9. The van der Waals surface area contributed by atoms with Crippen molar-refractivity contribution in [2.45, 2.75) is 12.8 Å². The van der Waals surface area contributed by atoms with Gasteiger partial charge in [0, 0.05) is 25.0 Å². The molecule has 0 aliphatic rings. The molecule has 31 heavy (non-hydrogen) atoms. The molecule has 0 radical (unpaired) electrons. The van der Waals surface area contributed by atoms with E-state index < -0.39 is 11.9 Å². The van der Waals surface area contributed by atoms with Crippen LogP contribution in [0, 0.1) is 0 Å². The van der Waals surface area contributed by atoms with Crippen LogP contribution >= 0.6 is 11.6 Å². The zero-order valence-electron chi connectivity index (χ0n) is 16.3. The highest BCUT2D eigenvalue weighted by molar-refractivity contribution is 6.28. The Morgan fingerprint density at radius 1 is 0.968 bits per heavy atom. The van der Waals surface area contributed by atoms with Gasteiger partial charge in [-0.2, -0.15) is 18.2 Å². The Bertz CT molecular complexity index is 1190. The minimum Gasteiger partial charge on any atom is -0.472 e. The number of imidazole rings is 1. The highest BCUT2D eigenvalue weighted by Gasteiger charge is 2.34. The first-order chi connectivity index (χ1) is 14.8. The van der Waals surface area contributed by atoms with E-state index in [1.54, 1.807) is 30.5 Å². The van der Waals surface area contributed by atoms with Crippen molar-refractivity contribution in [2.24, 2.45) is 7.05 Å². The van der Waals surface area contributed by atoms with Gasteiger partial charge >= 0.3 is 6.18 Å². The summed E-state index contributed by atoms with van der Waals surface area (Å²) in [6.45, 7) is 0.196. The lowest BCUT2D eigenvalue weighted by Gasteiger charge is -2.11. The van der Waals surface area contributed by atoms with E-state index in [1.165, 1.54) is 11.6 Å². The quantitative estimate of drug-likeness (QED) is 0.365. The molecule has 0 aliphatic heterocycles. The van der Waals surface area contributed by atoms with Crippen LogP contribution in [0.15, 0.2) is 67.0 Å². The molecule has 0 atom stereocenters. The lowest BCUT2D eigenvalue weighted by molar-refractivity contribution is -0.140. The van der Waals surface area contributed by atoms with Gasteiger partial charge in [-0.1, -0.05) is 54.6 Å². The number of halogens is 4. The molecule has 0 unspecified atom stereocenters. The average molecular weight is 445 g/mol. The zero-order valence-corrected chi connectivity index (χ0v) is 17.0. The third-order valence-electron chi connectivity index (χ3n) is 4.56. The highest BCUT2D eigenvalue weighted by Crippen LogP contribution is 2.31. The second-order valence-corrected chi connectivity index (χ2v) is 7.11. The molecule has 0 aliphatic carbocycles. The number of rotatable bonds is 5. The van der Waals surface area contributed by atoms with Crippen LogP contribution in [0.5, 0.6) is 5.88 Å². The Kier molecular flexibility index (Phi) is 5.65. The number of hydrogen-bond acceptors (Lipinski definition) is 4. The fourth-order valence-corrected chi connectivity index (χ4v) is 3.17. The Hall–Kier alpha value is -3.39. The van der Waals surface area contributed by atoms with Gasteiger partial charge in [0.2, 0.25) is 11.2 Å². The molecule has 2 aromatic heterocycles. The second kappa shape index (κ2) is 8.39. The Balaban J connectivity index is 1.53. The van der Waals surface area contributed by atoms with Crippen molar-refractivity contribution >= 4 is 11.6 Å². The van der Waals surface area contributed by atoms with E-state index in [9.17, 15) is 13.2 Å². The van der Waals surface area contributed by atoms with Crippen LogP contribution in [0.4, 0.5) is 13.2 Å². The van der Waals surface area contributed by atoms with Gasteiger partial charge < -0.3 is 9.30 Å². The molecule has 2 aromatic carbocycles. The van der Waals surface area contributed by atoms with Crippen molar-refractivity contribution in [3.05, 3.63) is 83.5 Å². The first-order valence-corrected chi connectivity index (χ1v) is 9.59. The van der Waals surface area contributed by atoms with Crippen molar-refractivity contribution in [2.75, 3.05) is 0 Å². The van der Waals surface area contributed by atoms with Gasteiger partial charge in [0.05, 0.1) is 5.56 Å². The van der Waals surface area contributed by atoms with Crippen molar-refractivity contribution in [3.8, 4) is 28.4 Å². The van der Waals surface area contributed by atoms with Gasteiger partial charge in [0.1, 0.15) is 12.4 Å². The summed E-state index contributed by atoms with van der Waals surface area (Å²) in [4.78, 5) is 11.9. The largest absolute Gasteiger partial charge is 0.472 e. The SMILES string of the molecule is Cn1cc(C(F)(F)F)nc1-c1ccc(COc2nc(Cl)ncc2-c2ccccc2)cc1. The highest BCUT2D eigenvalue weighted by atomic mass is 35.5. The van der Waals surface area contributed by atoms with Gasteiger partial charge in [0.15, 0.2) is 5.69 Å². The number of nitrogens with zero attached hydrogens (tertiary/aromatic N) is 4. The van der Waals surface area contributed by atoms with Gasteiger partial charge in [-0.25, -0.2) is 9.97 Å². The molecule has 158 valence electrons. The Labute approximate surface area is 181 Å². The van der Waals surface area contributed by atoms with E-state index in [2.05, 4.69) is 15.0 Å². The third kappa shape index (κ3) is 4.69. The molecule has 9 heteroatoms. The van der Waals surface area contributed by atoms with Crippen LogP contribution in [0.25, 0.3) is 22.5 Å². The van der Waals surface area contributed by atoms with Gasteiger partial charge in [-0.15, -0.1) is 0 Å². The van der Waals surface area contributed by atoms with Crippen molar-refractivity contribution in [1.82, 2.24) is 19.5 Å². The lowest BCUT2D eigenvalue weighted by Crippen LogP contribution is -2.04. The summed E-state index contributed by atoms with van der Waals surface area (Å²) in [5, 5.41) is 0.0697. The topological polar surface area (TPSA) is 52.8 Å². The van der Waals surface area contributed by atoms with Crippen LogP contribution in [-0.4, -0.2) is 19.5 Å². The monoisotopic (exact) mass is 444 g/mol. The van der Waals surface area contributed by atoms with E-state index in [0.29, 0.717) is 17.0 Å². The molecular formula is C22H16ClF3N4O. The average Bonchev–Trinajstić information content (AvgIpc) is 3.15. The van der Waals surface area contributed by atoms with Crippen molar-refractivity contribution in [1.29, 1.82) is 0 Å². The lowest BCUT2D eigenvalue weighted by atomic mass is 10.1. The van der Waals surface area contributed by atoms with E-state index in [1.807, 2.05) is 30.3 Å². The third-order valence-corrected chi connectivity index (χ3v) is 4.75. The van der Waals surface area contributed by atoms with Crippen molar-refractivity contribution in [3.63, 3.8) is 0 Å². The summed E-state index contributed by atoms with van der Waals surface area (Å²) in [7, 11) is 1.53. The molecule has 0 spiro atoms. The molecule has 4 rings (SSSR count). The molecule has 2 heterocycles. The maximum atomic E-state index is 12.9. The second-order valence-electron chi connectivity index (χ2n) is 6.77. The minimum atomic E-state index is -4.49. The van der Waals surface area contributed by atoms with Gasteiger partial charge in [-0.05, 0) is 22.7 Å². The van der Waals surface area contributed by atoms with E-state index in [-0.39, 0.29) is 17.7 Å². The fraction of sp³-hybridized carbons (Fsp3) is 0.136. The summed E-state index contributed by atoms with van der Waals surface area (Å²) in [5.74, 6) is 0.572. The Morgan fingerprint density at radius 2 is 1.68 bits per heavy atom. The number of aromatic nitrogens is 4. The molecule has 0 amide bonds. The molecule has 4 aromatic rings. The van der Waals surface area contributed by atoms with Gasteiger partial charge in [0.25, 0.3) is 0 Å². The molecular weight excluding hydrogens is 429 g/mol. The summed E-state index contributed by atoms with van der Waals surface area (Å²) >= 11 is 5.93. The normalized spacial score (nSPS) is 11.5. The number of benzene rings is 2. The minimum absolute atomic E-state index is 0.0697. The summed E-state index contributed by atoms with van der Waals surface area (Å²) in [6, 6.07) is 16.5. The molecule has 0 saturated heterocycles. The fourth-order valence-electron chi connectivity index (χ4n) is 3.04. The Morgan fingerprint density at radius 3 is 2.32 bits per heavy atom. The number of alkyl halides is 3. The van der Waals surface area contributed by atoms with Crippen LogP contribution in [-0.2, 0) is 19.8 Å². The van der Waals surface area contributed by atoms with E-state index in [0.717, 1.165) is 17.3 Å². The molecule has 0 bridgehead atoms. The number of hydrogen-bond donors (Lipinski definition) is 0. The predicted molar refractivity (Wildman–Crippen MR) is 110 cm³/mol. The smallest absolute Gasteiger partial charge is 0.434 e. The van der Waals surface area contributed by atoms with Gasteiger partial charge in [-0.3, -0.25) is 0 Å². The maximum Gasteiger partial charge on any atom is 0.434 e. The summed E-state index contributed by atoms with van der Waals surface area (Å²) in [6.07, 6.45) is -1.92. The molecule has 0 N–H and O–H groups in total. The van der Waals surface area contributed by atoms with Crippen LogP contribution in [0.1, 0.15) is 11.3 Å². The van der Waals surface area contributed by atoms with E-state index >= 15 is 0 Å². The molecule has 0 saturated carbocycles. The zero-order chi connectivity index (χ0) is 22.0. The van der Waals surface area contributed by atoms with Crippen LogP contribution < -0.4 is 4.74 Å². The van der Waals surface area contributed by atoms with Crippen LogP contribution in [0.2, 0.25) is 5.28 Å². The number of aryl methyl sites for hydroxylation is 1. The molecule has 5 nitrogen and oxygen atoms in total. The van der Waals surface area contributed by atoms with E-state index in [4.69, 9.17) is 16.3 Å². The maximum absolute atomic E-state index is 12.9. The predicted octanol–water partition coefficient (Wildman–Crippen LogP) is 5.80. The first-order valence-electron chi connectivity index (χ1n) is 9.22. The molecule has 0 fully saturated rings. The van der Waals surface area contributed by atoms with Crippen molar-refractivity contribution < 1.29 is 17.9 Å².